The van der Waals surface area contributed by atoms with Crippen LogP contribution in [0.5, 0.6) is 0 Å². The largest absolute Gasteiger partial charge is 0.345 e. The Morgan fingerprint density at radius 3 is 3.29 bits per heavy atom. The number of H-pyrrole nitrogens is 1. The molecule has 90 valence electrons. The van der Waals surface area contributed by atoms with Crippen molar-refractivity contribution in [3.63, 3.8) is 0 Å². The summed E-state index contributed by atoms with van der Waals surface area (Å²) in [6, 6.07) is 6.38. The Morgan fingerprint density at radius 1 is 1.41 bits per heavy atom. The SMILES string of the molecule is c1nc2ccc(CNCC3CCNC3)cc2[nH]1. The van der Waals surface area contributed by atoms with Gasteiger partial charge in [0.2, 0.25) is 0 Å². The normalized spacial score (nSPS) is 20.1. The fourth-order valence-electron chi connectivity index (χ4n) is 2.40. The third-order valence-electron chi connectivity index (χ3n) is 3.41. The number of fused-ring (bicyclic) bond motifs is 1. The molecule has 1 aliphatic rings. The van der Waals surface area contributed by atoms with Crippen LogP contribution in [0.2, 0.25) is 0 Å². The van der Waals surface area contributed by atoms with Crippen LogP contribution in [0.1, 0.15) is 12.0 Å². The first-order valence-electron chi connectivity index (χ1n) is 6.25. The number of benzene rings is 1. The molecule has 17 heavy (non-hydrogen) atoms. The third-order valence-corrected chi connectivity index (χ3v) is 3.41. The number of hydrogen-bond acceptors (Lipinski definition) is 3. The summed E-state index contributed by atoms with van der Waals surface area (Å²) >= 11 is 0. The van der Waals surface area contributed by atoms with E-state index in [1.165, 1.54) is 18.5 Å². The fraction of sp³-hybridized carbons (Fsp3) is 0.462. The maximum Gasteiger partial charge on any atom is 0.0931 e. The standard InChI is InChI=1S/C13H18N4/c1-2-12-13(17-9-16-12)5-10(1)6-15-8-11-3-4-14-7-11/h1-2,5,9,11,14-15H,3-4,6-8H2,(H,16,17). The lowest BCUT2D eigenvalue weighted by Gasteiger charge is -2.09. The molecule has 1 saturated heterocycles. The molecule has 1 aromatic heterocycles. The van der Waals surface area contributed by atoms with E-state index in [2.05, 4.69) is 38.8 Å². The van der Waals surface area contributed by atoms with Gasteiger partial charge in [-0.15, -0.1) is 0 Å². The summed E-state index contributed by atoms with van der Waals surface area (Å²) in [5, 5.41) is 6.91. The molecule has 3 N–H and O–H groups in total. The average molecular weight is 230 g/mol. The maximum absolute atomic E-state index is 4.22. The zero-order chi connectivity index (χ0) is 11.5. The molecular weight excluding hydrogens is 212 g/mol. The maximum atomic E-state index is 4.22. The van der Waals surface area contributed by atoms with Gasteiger partial charge in [-0.3, -0.25) is 0 Å². The molecule has 1 unspecified atom stereocenters. The van der Waals surface area contributed by atoms with Crippen molar-refractivity contribution in [2.45, 2.75) is 13.0 Å². The van der Waals surface area contributed by atoms with Gasteiger partial charge in [0.05, 0.1) is 17.4 Å². The van der Waals surface area contributed by atoms with Gasteiger partial charge >= 0.3 is 0 Å². The minimum atomic E-state index is 0.797. The zero-order valence-corrected chi connectivity index (χ0v) is 9.87. The van der Waals surface area contributed by atoms with Crippen LogP contribution in [0.3, 0.4) is 0 Å². The van der Waals surface area contributed by atoms with Gasteiger partial charge in [0.1, 0.15) is 0 Å². The van der Waals surface area contributed by atoms with Gasteiger partial charge in [0.15, 0.2) is 0 Å². The molecule has 2 aromatic rings. The summed E-state index contributed by atoms with van der Waals surface area (Å²) < 4.78 is 0. The highest BCUT2D eigenvalue weighted by molar-refractivity contribution is 5.74. The second-order valence-electron chi connectivity index (χ2n) is 4.74. The number of imidazole rings is 1. The Morgan fingerprint density at radius 2 is 2.41 bits per heavy atom. The summed E-state index contributed by atoms with van der Waals surface area (Å²) in [6.45, 7) is 4.37. The van der Waals surface area contributed by atoms with Gasteiger partial charge in [-0.2, -0.15) is 0 Å². The first-order chi connectivity index (χ1) is 8.42. The van der Waals surface area contributed by atoms with Crippen LogP contribution in [0.25, 0.3) is 11.0 Å². The first-order valence-corrected chi connectivity index (χ1v) is 6.25. The van der Waals surface area contributed by atoms with Crippen LogP contribution in [0.15, 0.2) is 24.5 Å². The van der Waals surface area contributed by atoms with E-state index in [0.717, 1.165) is 36.6 Å². The van der Waals surface area contributed by atoms with Gasteiger partial charge in [-0.25, -0.2) is 4.98 Å². The number of rotatable bonds is 4. The Bertz CT molecular complexity index is 485. The minimum absolute atomic E-state index is 0.797. The second-order valence-corrected chi connectivity index (χ2v) is 4.74. The van der Waals surface area contributed by atoms with Gasteiger partial charge in [0.25, 0.3) is 0 Å². The van der Waals surface area contributed by atoms with Crippen molar-refractivity contribution < 1.29 is 0 Å². The summed E-state index contributed by atoms with van der Waals surface area (Å²) in [6.07, 6.45) is 3.04. The molecule has 0 aliphatic carbocycles. The Balaban J connectivity index is 1.56. The molecule has 0 amide bonds. The van der Waals surface area contributed by atoms with Crippen molar-refractivity contribution in [1.82, 2.24) is 20.6 Å². The van der Waals surface area contributed by atoms with E-state index in [9.17, 15) is 0 Å². The first kappa shape index (κ1) is 10.7. The molecule has 4 nitrogen and oxygen atoms in total. The summed E-state index contributed by atoms with van der Waals surface area (Å²) in [7, 11) is 0. The molecule has 0 saturated carbocycles. The van der Waals surface area contributed by atoms with Crippen LogP contribution < -0.4 is 10.6 Å². The Hall–Kier alpha value is -1.39. The third kappa shape index (κ3) is 2.48. The lowest BCUT2D eigenvalue weighted by Crippen LogP contribution is -2.23. The number of nitrogens with zero attached hydrogens (tertiary/aromatic N) is 1. The quantitative estimate of drug-likeness (QED) is 0.741. The van der Waals surface area contributed by atoms with Gasteiger partial charge in [-0.1, -0.05) is 6.07 Å². The molecule has 2 heterocycles. The molecule has 1 fully saturated rings. The zero-order valence-electron chi connectivity index (χ0n) is 9.87. The molecule has 1 aliphatic heterocycles. The molecule has 0 radical (unpaired) electrons. The van der Waals surface area contributed by atoms with Crippen molar-refractivity contribution in [1.29, 1.82) is 0 Å². The lowest BCUT2D eigenvalue weighted by molar-refractivity contribution is 0.513. The van der Waals surface area contributed by atoms with E-state index < -0.39 is 0 Å². The lowest BCUT2D eigenvalue weighted by atomic mass is 10.1. The highest BCUT2D eigenvalue weighted by atomic mass is 14.9. The van der Waals surface area contributed by atoms with Crippen molar-refractivity contribution in [3.8, 4) is 0 Å². The highest BCUT2D eigenvalue weighted by Crippen LogP contribution is 2.12. The summed E-state index contributed by atoms with van der Waals surface area (Å²) in [5.74, 6) is 0.797. The van der Waals surface area contributed by atoms with Crippen LogP contribution in [-0.4, -0.2) is 29.6 Å². The van der Waals surface area contributed by atoms with E-state index >= 15 is 0 Å². The molecule has 1 aromatic carbocycles. The summed E-state index contributed by atoms with van der Waals surface area (Å²) in [5.41, 5.74) is 3.47. The molecule has 3 rings (SSSR count). The Labute approximate surface area is 101 Å². The predicted molar refractivity (Wildman–Crippen MR) is 68.8 cm³/mol. The fourth-order valence-corrected chi connectivity index (χ4v) is 2.40. The summed E-state index contributed by atoms with van der Waals surface area (Å²) in [4.78, 5) is 7.36. The van der Waals surface area contributed by atoms with Crippen molar-refractivity contribution in [3.05, 3.63) is 30.1 Å². The molecule has 0 spiro atoms. The van der Waals surface area contributed by atoms with E-state index in [0.29, 0.717) is 0 Å². The van der Waals surface area contributed by atoms with Gasteiger partial charge < -0.3 is 15.6 Å². The van der Waals surface area contributed by atoms with Crippen molar-refractivity contribution >= 4 is 11.0 Å². The average Bonchev–Trinajstić information content (AvgIpc) is 2.98. The van der Waals surface area contributed by atoms with Crippen LogP contribution >= 0.6 is 0 Å². The van der Waals surface area contributed by atoms with E-state index in [1.54, 1.807) is 6.33 Å². The van der Waals surface area contributed by atoms with E-state index in [1.807, 2.05) is 0 Å². The van der Waals surface area contributed by atoms with E-state index in [4.69, 9.17) is 0 Å². The number of aromatic amines is 1. The molecular formula is C13H18N4. The van der Waals surface area contributed by atoms with Gasteiger partial charge in [-0.05, 0) is 49.7 Å². The predicted octanol–water partition coefficient (Wildman–Crippen LogP) is 1.26. The monoisotopic (exact) mass is 230 g/mol. The topological polar surface area (TPSA) is 52.7 Å². The smallest absolute Gasteiger partial charge is 0.0931 e. The van der Waals surface area contributed by atoms with Crippen molar-refractivity contribution in [2.75, 3.05) is 19.6 Å². The highest BCUT2D eigenvalue weighted by Gasteiger charge is 2.13. The Kier molecular flexibility index (Phi) is 3.07. The van der Waals surface area contributed by atoms with E-state index in [-0.39, 0.29) is 0 Å². The number of nitrogens with one attached hydrogen (secondary N) is 3. The molecule has 4 heteroatoms. The van der Waals surface area contributed by atoms with Crippen LogP contribution in [0.4, 0.5) is 0 Å². The molecule has 0 bridgehead atoms. The van der Waals surface area contributed by atoms with Crippen LogP contribution in [-0.2, 0) is 6.54 Å². The molecule has 1 atom stereocenters. The van der Waals surface area contributed by atoms with Crippen molar-refractivity contribution in [2.24, 2.45) is 5.92 Å². The number of aromatic nitrogens is 2. The number of hydrogen-bond donors (Lipinski definition) is 3. The van der Waals surface area contributed by atoms with Crippen LogP contribution in [0, 0.1) is 5.92 Å². The minimum Gasteiger partial charge on any atom is -0.345 e. The van der Waals surface area contributed by atoms with Gasteiger partial charge in [0, 0.05) is 6.54 Å². The second kappa shape index (κ2) is 4.85.